The van der Waals surface area contributed by atoms with Crippen molar-refractivity contribution in [2.75, 3.05) is 34.7 Å². The van der Waals surface area contributed by atoms with Crippen LogP contribution in [-0.2, 0) is 39.8 Å². The molecule has 0 aromatic heterocycles. The van der Waals surface area contributed by atoms with Crippen molar-refractivity contribution in [3.8, 4) is 17.2 Å². The number of benzene rings is 2. The molecule has 13 heteroatoms. The number of carbonyl (C=O) groups is 3. The maximum atomic E-state index is 14.2. The van der Waals surface area contributed by atoms with E-state index in [9.17, 15) is 24.6 Å². The predicted octanol–water partition coefficient (Wildman–Crippen LogP) is 7.16. The van der Waals surface area contributed by atoms with Crippen molar-refractivity contribution in [2.24, 2.45) is 0 Å². The molecule has 2 unspecified atom stereocenters. The molecule has 3 aliphatic heterocycles. The van der Waals surface area contributed by atoms with Gasteiger partial charge in [0.25, 0.3) is 0 Å². The van der Waals surface area contributed by atoms with Crippen LogP contribution in [0.3, 0.4) is 0 Å². The molecule has 4 aliphatic rings. The summed E-state index contributed by atoms with van der Waals surface area (Å²) in [6, 6.07) is 5.81. The minimum atomic E-state index is -2.31. The molecule has 13 nitrogen and oxygen atoms in total. The standard InChI is InChI=1S/C49H61NO12/c1-29(15-16-35-31(3)22-37(56-8)33(5)32(35)4)13-11-14-30(2)21-42(51)61-41-24-34-23-38-39(60-28-59-38)25-36(34)44-45(40(57-9)26-48(44)17-12-20-50(41)48)62-46(53)49(55,27-43(52)58-10)19-18-47(6,7)54/h11,13-16,21-23,25-26,41,44-45,54-55H,12,17-20,24,27-28H2,1-10H3/b14-11+,16-15+,29-13+,30-21+/t41?,44-,45-,48+,49?/m1/s1. The second kappa shape index (κ2) is 18.5. The first-order valence-corrected chi connectivity index (χ1v) is 21.1. The summed E-state index contributed by atoms with van der Waals surface area (Å²) in [7, 11) is 4.34. The van der Waals surface area contributed by atoms with E-state index in [0.717, 1.165) is 45.6 Å². The lowest BCUT2D eigenvalue weighted by Crippen LogP contribution is -2.53. The van der Waals surface area contributed by atoms with Crippen LogP contribution in [0, 0.1) is 20.8 Å². The maximum absolute atomic E-state index is 14.2. The third kappa shape index (κ3) is 9.65. The molecule has 0 radical (unpaired) electrons. The number of esters is 3. The van der Waals surface area contributed by atoms with Crippen molar-refractivity contribution < 1.29 is 57.8 Å². The number of hydrogen-bond donors (Lipinski definition) is 2. The second-order valence-corrected chi connectivity index (χ2v) is 17.5. The highest BCUT2D eigenvalue weighted by Crippen LogP contribution is 2.57. The lowest BCUT2D eigenvalue weighted by Gasteiger charge is -2.42. The molecule has 62 heavy (non-hydrogen) atoms. The number of nitrogens with zero attached hydrogens (tertiary/aromatic N) is 1. The first-order chi connectivity index (χ1) is 29.3. The largest absolute Gasteiger partial charge is 0.497 e. The number of rotatable bonds is 15. The Morgan fingerprint density at radius 2 is 1.66 bits per heavy atom. The van der Waals surface area contributed by atoms with Gasteiger partial charge < -0.3 is 43.4 Å². The summed E-state index contributed by atoms with van der Waals surface area (Å²) in [6.07, 6.45) is 12.2. The zero-order valence-corrected chi connectivity index (χ0v) is 37.6. The summed E-state index contributed by atoms with van der Waals surface area (Å²) in [5.74, 6) is -0.694. The van der Waals surface area contributed by atoms with Crippen molar-refractivity contribution in [3.63, 3.8) is 0 Å². The number of hydrogen-bond acceptors (Lipinski definition) is 13. The summed E-state index contributed by atoms with van der Waals surface area (Å²) in [6.45, 7) is 13.8. The Balaban J connectivity index is 1.26. The predicted molar refractivity (Wildman–Crippen MR) is 233 cm³/mol. The van der Waals surface area contributed by atoms with E-state index in [-0.39, 0.29) is 19.6 Å². The van der Waals surface area contributed by atoms with Gasteiger partial charge in [0.1, 0.15) is 11.5 Å². The lowest BCUT2D eigenvalue weighted by atomic mass is 9.77. The number of allylic oxidation sites excluding steroid dienone is 6. The molecule has 2 aromatic carbocycles. The first kappa shape index (κ1) is 46.1. The second-order valence-electron chi connectivity index (χ2n) is 17.5. The fraction of sp³-hybridized carbons (Fsp3) is 0.490. The highest BCUT2D eigenvalue weighted by molar-refractivity contribution is 5.86. The molecule has 1 spiro atoms. The van der Waals surface area contributed by atoms with Gasteiger partial charge in [-0.3, -0.25) is 9.69 Å². The lowest BCUT2D eigenvalue weighted by molar-refractivity contribution is -0.180. The van der Waals surface area contributed by atoms with Crippen LogP contribution in [-0.4, -0.2) is 96.8 Å². The molecule has 3 heterocycles. The Hall–Kier alpha value is -5.37. The Labute approximate surface area is 364 Å². The number of aliphatic hydroxyl groups is 2. The van der Waals surface area contributed by atoms with E-state index >= 15 is 0 Å². The Morgan fingerprint density at radius 1 is 0.935 bits per heavy atom. The van der Waals surface area contributed by atoms with Gasteiger partial charge in [-0.1, -0.05) is 36.0 Å². The van der Waals surface area contributed by atoms with Crippen molar-refractivity contribution in [2.45, 2.75) is 122 Å². The Bertz CT molecular complexity index is 2230. The highest BCUT2D eigenvalue weighted by Gasteiger charge is 2.61. The molecule has 5 atom stereocenters. The highest BCUT2D eigenvalue weighted by atomic mass is 16.7. The van der Waals surface area contributed by atoms with Crippen LogP contribution in [0.15, 0.2) is 71.6 Å². The normalized spacial score (nSPS) is 23.3. The monoisotopic (exact) mass is 855 g/mol. The molecule has 0 amide bonds. The van der Waals surface area contributed by atoms with Crippen molar-refractivity contribution in [3.05, 3.63) is 105 Å². The van der Waals surface area contributed by atoms with Gasteiger partial charge in [-0.15, -0.1) is 0 Å². The number of carbonyl (C=O) groups excluding carboxylic acids is 3. The molecule has 334 valence electrons. The summed E-state index contributed by atoms with van der Waals surface area (Å²) in [5, 5.41) is 22.2. The molecular formula is C49H61NO12. The molecule has 6 rings (SSSR count). The van der Waals surface area contributed by atoms with Crippen LogP contribution >= 0.6 is 0 Å². The zero-order chi connectivity index (χ0) is 45.1. The molecule has 0 bridgehead atoms. The Morgan fingerprint density at radius 3 is 2.34 bits per heavy atom. The van der Waals surface area contributed by atoms with Gasteiger partial charge in [0.05, 0.1) is 44.8 Å². The SMILES string of the molecule is COC(=O)CC(O)(CCC(C)(C)O)C(=O)O[C@@H]1C(OC)=C[C@]23CCCN2C(OC(=O)/C=C(C)/C=C/C=C(C)/C=C/c2c(C)cc(OC)c(C)c2C)Cc2cc4c(cc2[C@H]13)OCO4. The quantitative estimate of drug-likeness (QED) is 0.0806. The topological polar surface area (TPSA) is 160 Å². The minimum absolute atomic E-state index is 0.00422. The molecule has 2 N–H and O–H groups in total. The minimum Gasteiger partial charge on any atom is -0.497 e. The van der Waals surface area contributed by atoms with Crippen molar-refractivity contribution in [1.29, 1.82) is 0 Å². The van der Waals surface area contributed by atoms with E-state index in [0.29, 0.717) is 42.2 Å². The molecular weight excluding hydrogens is 795 g/mol. The summed E-state index contributed by atoms with van der Waals surface area (Å²) in [4.78, 5) is 42.6. The summed E-state index contributed by atoms with van der Waals surface area (Å²) < 4.78 is 40.5. The summed E-state index contributed by atoms with van der Waals surface area (Å²) >= 11 is 0. The van der Waals surface area contributed by atoms with Crippen LogP contribution in [0.5, 0.6) is 17.2 Å². The summed E-state index contributed by atoms with van der Waals surface area (Å²) in [5.41, 5.74) is 3.48. The van der Waals surface area contributed by atoms with Gasteiger partial charge in [0, 0.05) is 19.0 Å². The molecule has 0 saturated carbocycles. The third-order valence-corrected chi connectivity index (χ3v) is 12.6. The Kier molecular flexibility index (Phi) is 13.8. The van der Waals surface area contributed by atoms with Gasteiger partial charge in [-0.25, -0.2) is 9.59 Å². The zero-order valence-electron chi connectivity index (χ0n) is 37.6. The average molecular weight is 856 g/mol. The van der Waals surface area contributed by atoms with Crippen molar-refractivity contribution >= 4 is 24.0 Å². The fourth-order valence-electron chi connectivity index (χ4n) is 9.10. The van der Waals surface area contributed by atoms with Crippen LogP contribution in [0.1, 0.15) is 99.1 Å². The van der Waals surface area contributed by atoms with E-state index in [4.69, 9.17) is 33.2 Å². The molecule has 1 saturated heterocycles. The van der Waals surface area contributed by atoms with Crippen LogP contribution in [0.4, 0.5) is 0 Å². The van der Waals surface area contributed by atoms with Gasteiger partial charge in [-0.2, -0.15) is 0 Å². The van der Waals surface area contributed by atoms with E-state index in [1.165, 1.54) is 25.9 Å². The van der Waals surface area contributed by atoms with E-state index in [1.54, 1.807) is 21.0 Å². The number of methoxy groups -OCH3 is 3. The van der Waals surface area contributed by atoms with Gasteiger partial charge in [0.2, 0.25) is 6.79 Å². The maximum Gasteiger partial charge on any atom is 0.339 e. The van der Waals surface area contributed by atoms with Crippen LogP contribution in [0.25, 0.3) is 6.08 Å². The third-order valence-electron chi connectivity index (χ3n) is 12.6. The number of ether oxygens (including phenoxy) is 7. The molecule has 1 aliphatic carbocycles. The number of aryl methyl sites for hydroxylation is 1. The van der Waals surface area contributed by atoms with Crippen molar-refractivity contribution in [1.82, 2.24) is 4.90 Å². The fourth-order valence-corrected chi connectivity index (χ4v) is 9.10. The van der Waals surface area contributed by atoms with Gasteiger partial charge in [0.15, 0.2) is 29.4 Å². The van der Waals surface area contributed by atoms with Crippen LogP contribution in [0.2, 0.25) is 0 Å². The van der Waals surface area contributed by atoms with Gasteiger partial charge >= 0.3 is 17.9 Å². The smallest absolute Gasteiger partial charge is 0.339 e. The van der Waals surface area contributed by atoms with Crippen LogP contribution < -0.4 is 14.2 Å². The molecule has 2 aromatic rings. The van der Waals surface area contributed by atoms with E-state index < -0.39 is 59.3 Å². The molecule has 1 fully saturated rings. The number of fused-ring (bicyclic) bond motifs is 3. The average Bonchev–Trinajstić information content (AvgIpc) is 3.92. The van der Waals surface area contributed by atoms with E-state index in [2.05, 4.69) is 43.9 Å². The van der Waals surface area contributed by atoms with E-state index in [1.807, 2.05) is 50.3 Å². The first-order valence-electron chi connectivity index (χ1n) is 21.1. The van der Waals surface area contributed by atoms with Gasteiger partial charge in [-0.05, 0) is 137 Å².